The van der Waals surface area contributed by atoms with E-state index in [9.17, 15) is 4.79 Å². The number of hydrogen-bond donors (Lipinski definition) is 0. The second kappa shape index (κ2) is 8.90. The second-order valence-electron chi connectivity index (χ2n) is 8.49. The fourth-order valence-electron chi connectivity index (χ4n) is 3.75. The van der Waals surface area contributed by atoms with Gasteiger partial charge in [-0.1, -0.05) is 55.9 Å². The molecule has 0 unspecified atom stereocenters. The van der Waals surface area contributed by atoms with Crippen molar-refractivity contribution in [2.24, 2.45) is 5.92 Å². The monoisotopic (exact) mass is 459 g/mol. The Labute approximate surface area is 195 Å². The minimum absolute atomic E-state index is 0.138. The number of fused-ring (bicyclic) bond motifs is 3. The number of oxazole rings is 1. The molecule has 0 atom stereocenters. The maximum atomic E-state index is 13.4. The molecule has 168 valence electrons. The van der Waals surface area contributed by atoms with Gasteiger partial charge in [-0.25, -0.2) is 9.97 Å². The molecule has 0 radical (unpaired) electrons. The number of nitrogens with zero attached hydrogens (tertiary/aromatic N) is 3. The highest BCUT2D eigenvalue weighted by Crippen LogP contribution is 2.30. The number of rotatable bonds is 7. The van der Waals surface area contributed by atoms with Gasteiger partial charge in [-0.05, 0) is 43.5 Å². The van der Waals surface area contributed by atoms with Gasteiger partial charge in [-0.2, -0.15) is 0 Å². The highest BCUT2D eigenvalue weighted by atomic mass is 32.2. The van der Waals surface area contributed by atoms with E-state index < -0.39 is 0 Å². The first-order chi connectivity index (χ1) is 16.0. The van der Waals surface area contributed by atoms with Gasteiger partial charge in [0.25, 0.3) is 5.56 Å². The van der Waals surface area contributed by atoms with Gasteiger partial charge in [0.2, 0.25) is 11.5 Å². The lowest BCUT2D eigenvalue weighted by Crippen LogP contribution is -2.23. The Morgan fingerprint density at radius 1 is 1.00 bits per heavy atom. The second-order valence-corrected chi connectivity index (χ2v) is 9.43. The molecule has 0 aliphatic rings. The van der Waals surface area contributed by atoms with Crippen LogP contribution in [0.2, 0.25) is 0 Å². The summed E-state index contributed by atoms with van der Waals surface area (Å²) in [4.78, 5) is 23.0. The average Bonchev–Trinajstić information content (AvgIpc) is 3.38. The van der Waals surface area contributed by atoms with Crippen molar-refractivity contribution >= 4 is 33.8 Å². The Bertz CT molecular complexity index is 1480. The van der Waals surface area contributed by atoms with Crippen LogP contribution >= 0.6 is 11.8 Å². The van der Waals surface area contributed by atoms with E-state index in [2.05, 4.69) is 13.8 Å². The summed E-state index contributed by atoms with van der Waals surface area (Å²) in [5, 5.41) is 1.52. The Hall–Kier alpha value is -3.32. The number of thioether (sulfide) groups is 1. The number of furan rings is 1. The van der Waals surface area contributed by atoms with Crippen molar-refractivity contribution in [2.75, 3.05) is 0 Å². The number of benzene rings is 2. The van der Waals surface area contributed by atoms with E-state index in [1.54, 1.807) is 4.57 Å². The average molecular weight is 460 g/mol. The van der Waals surface area contributed by atoms with Crippen LogP contribution in [0.1, 0.15) is 31.7 Å². The molecule has 0 fully saturated rings. The quantitative estimate of drug-likeness (QED) is 0.206. The number of hydrogen-bond acceptors (Lipinski definition) is 6. The van der Waals surface area contributed by atoms with Crippen LogP contribution in [0.4, 0.5) is 0 Å². The van der Waals surface area contributed by atoms with Crippen LogP contribution < -0.4 is 5.56 Å². The summed E-state index contributed by atoms with van der Waals surface area (Å²) in [6, 6.07) is 17.5. The fraction of sp³-hybridized carbons (Fsp3) is 0.269. The van der Waals surface area contributed by atoms with Crippen molar-refractivity contribution < 1.29 is 8.83 Å². The van der Waals surface area contributed by atoms with Gasteiger partial charge < -0.3 is 8.83 Å². The molecule has 7 heteroatoms. The summed E-state index contributed by atoms with van der Waals surface area (Å²) in [5.74, 6) is 2.39. The number of aromatic nitrogens is 3. The Balaban J connectivity index is 1.52. The van der Waals surface area contributed by atoms with Crippen LogP contribution in [0.5, 0.6) is 0 Å². The molecular formula is C26H25N3O3S. The van der Waals surface area contributed by atoms with E-state index in [0.29, 0.717) is 45.9 Å². The van der Waals surface area contributed by atoms with Crippen LogP contribution in [-0.4, -0.2) is 14.5 Å². The number of aryl methyl sites for hydroxylation is 1. The Kier molecular flexibility index (Phi) is 5.81. The Morgan fingerprint density at radius 2 is 1.76 bits per heavy atom. The molecule has 2 aromatic carbocycles. The molecule has 0 amide bonds. The third kappa shape index (κ3) is 4.20. The first-order valence-corrected chi connectivity index (χ1v) is 12.1. The molecule has 6 nitrogen and oxygen atoms in total. The Morgan fingerprint density at radius 3 is 2.55 bits per heavy atom. The molecule has 0 saturated carbocycles. The summed E-state index contributed by atoms with van der Waals surface area (Å²) in [5.41, 5.74) is 3.25. The lowest BCUT2D eigenvalue weighted by atomic mass is 10.1. The molecular weight excluding hydrogens is 434 g/mol. The minimum atomic E-state index is -0.138. The van der Waals surface area contributed by atoms with Crippen LogP contribution in [0.25, 0.3) is 33.5 Å². The van der Waals surface area contributed by atoms with E-state index in [1.807, 2.05) is 61.5 Å². The molecule has 5 rings (SSSR count). The molecule has 0 N–H and O–H groups in total. The van der Waals surface area contributed by atoms with Crippen LogP contribution in [0.3, 0.4) is 0 Å². The molecule has 0 bridgehead atoms. The number of para-hydroxylation sites is 1. The highest BCUT2D eigenvalue weighted by molar-refractivity contribution is 7.98. The molecule has 0 aliphatic heterocycles. The van der Waals surface area contributed by atoms with Crippen LogP contribution in [-0.2, 0) is 12.3 Å². The molecule has 3 heterocycles. The maximum absolute atomic E-state index is 13.4. The zero-order valence-corrected chi connectivity index (χ0v) is 19.7. The first-order valence-electron chi connectivity index (χ1n) is 11.1. The zero-order chi connectivity index (χ0) is 22.9. The summed E-state index contributed by atoms with van der Waals surface area (Å²) in [7, 11) is 0. The van der Waals surface area contributed by atoms with Gasteiger partial charge in [0.1, 0.15) is 16.9 Å². The molecule has 3 aromatic heterocycles. The largest absolute Gasteiger partial charge is 0.448 e. The van der Waals surface area contributed by atoms with Crippen molar-refractivity contribution in [1.82, 2.24) is 14.5 Å². The van der Waals surface area contributed by atoms with Gasteiger partial charge in [0.15, 0.2) is 5.16 Å². The van der Waals surface area contributed by atoms with E-state index in [4.69, 9.17) is 18.8 Å². The molecule has 0 saturated heterocycles. The maximum Gasteiger partial charge on any atom is 0.297 e. The van der Waals surface area contributed by atoms with Gasteiger partial charge in [-0.3, -0.25) is 9.36 Å². The highest BCUT2D eigenvalue weighted by Gasteiger charge is 2.19. The zero-order valence-electron chi connectivity index (χ0n) is 18.9. The molecule has 0 aliphatic carbocycles. The SMILES string of the molecule is Cc1oc(-c2ccccc2)nc1CSc1nc2c(oc3ccccc32)c(=O)n1CCC(C)C. The topological polar surface area (TPSA) is 74.1 Å². The standard InChI is InChI=1S/C26H25N3O3S/c1-16(2)13-14-29-25(30)23-22(19-11-7-8-12-21(19)32-23)28-26(29)33-15-20-17(3)31-24(27-20)18-9-5-4-6-10-18/h4-12,16H,13-15H2,1-3H3. The minimum Gasteiger partial charge on any atom is -0.448 e. The normalized spacial score (nSPS) is 11.8. The van der Waals surface area contributed by atoms with Gasteiger partial charge >= 0.3 is 0 Å². The lowest BCUT2D eigenvalue weighted by molar-refractivity contribution is 0.476. The summed E-state index contributed by atoms with van der Waals surface area (Å²) >= 11 is 1.50. The van der Waals surface area contributed by atoms with Crippen molar-refractivity contribution in [2.45, 2.75) is 44.6 Å². The summed E-state index contributed by atoms with van der Waals surface area (Å²) in [6.07, 6.45) is 0.877. The molecule has 33 heavy (non-hydrogen) atoms. The first kappa shape index (κ1) is 21.5. The molecule has 0 spiro atoms. The fourth-order valence-corrected chi connectivity index (χ4v) is 4.77. The van der Waals surface area contributed by atoms with Crippen LogP contribution in [0.15, 0.2) is 73.4 Å². The van der Waals surface area contributed by atoms with Gasteiger partial charge in [0, 0.05) is 23.2 Å². The third-order valence-electron chi connectivity index (χ3n) is 5.63. The lowest BCUT2D eigenvalue weighted by Gasteiger charge is -2.12. The van der Waals surface area contributed by atoms with Crippen molar-refractivity contribution in [3.63, 3.8) is 0 Å². The van der Waals surface area contributed by atoms with Gasteiger partial charge in [-0.15, -0.1) is 0 Å². The van der Waals surface area contributed by atoms with Crippen molar-refractivity contribution in [3.8, 4) is 11.5 Å². The van der Waals surface area contributed by atoms with Crippen molar-refractivity contribution in [3.05, 3.63) is 76.4 Å². The van der Waals surface area contributed by atoms with E-state index in [-0.39, 0.29) is 5.56 Å². The van der Waals surface area contributed by atoms with Crippen molar-refractivity contribution in [1.29, 1.82) is 0 Å². The smallest absolute Gasteiger partial charge is 0.297 e. The summed E-state index contributed by atoms with van der Waals surface area (Å²) < 4.78 is 13.5. The van der Waals surface area contributed by atoms with E-state index in [0.717, 1.165) is 28.8 Å². The predicted octanol–water partition coefficient (Wildman–Crippen LogP) is 6.44. The predicted molar refractivity (Wildman–Crippen MR) is 131 cm³/mol. The van der Waals surface area contributed by atoms with E-state index in [1.165, 1.54) is 11.8 Å². The van der Waals surface area contributed by atoms with Gasteiger partial charge in [0.05, 0.1) is 5.69 Å². The van der Waals surface area contributed by atoms with E-state index >= 15 is 0 Å². The van der Waals surface area contributed by atoms with Crippen LogP contribution in [0, 0.1) is 12.8 Å². The summed E-state index contributed by atoms with van der Waals surface area (Å²) in [6.45, 7) is 6.80. The molecule has 5 aromatic rings. The third-order valence-corrected chi connectivity index (χ3v) is 6.62.